The molecule has 2 rings (SSSR count). The predicted octanol–water partition coefficient (Wildman–Crippen LogP) is 2.21. The lowest BCUT2D eigenvalue weighted by atomic mass is 10.3. The number of hydrogen-bond acceptors (Lipinski definition) is 4. The van der Waals surface area contributed by atoms with Crippen LogP contribution in [0, 0.1) is 6.92 Å². The highest BCUT2D eigenvalue weighted by Gasteiger charge is 2.17. The predicted molar refractivity (Wildman–Crippen MR) is 78.9 cm³/mol. The van der Waals surface area contributed by atoms with E-state index in [-0.39, 0.29) is 11.8 Å². The van der Waals surface area contributed by atoms with Crippen LogP contribution < -0.4 is 10.6 Å². The number of aryl methyl sites for hydroxylation is 1. The first-order valence-electron chi connectivity index (χ1n) is 6.15. The zero-order valence-electron chi connectivity index (χ0n) is 11.2. The van der Waals surface area contributed by atoms with Gasteiger partial charge >= 0.3 is 0 Å². The van der Waals surface area contributed by atoms with Gasteiger partial charge < -0.3 is 10.6 Å². The van der Waals surface area contributed by atoms with Gasteiger partial charge in [0.2, 0.25) is 5.91 Å². The van der Waals surface area contributed by atoms with Gasteiger partial charge in [-0.2, -0.15) is 0 Å². The Labute approximate surface area is 121 Å². The normalized spacial score (nSPS) is 11.7. The van der Waals surface area contributed by atoms with Crippen molar-refractivity contribution in [1.29, 1.82) is 0 Å². The number of nitrogens with one attached hydrogen (secondary N) is 2. The molecule has 0 spiro atoms. The average Bonchev–Trinajstić information content (AvgIpc) is 2.92. The molecule has 0 aliphatic carbocycles. The summed E-state index contributed by atoms with van der Waals surface area (Å²) in [6.45, 7) is 3.48. The molecule has 2 heterocycles. The quantitative estimate of drug-likeness (QED) is 0.906. The number of anilines is 1. The van der Waals surface area contributed by atoms with Crippen molar-refractivity contribution in [2.45, 2.75) is 19.9 Å². The summed E-state index contributed by atoms with van der Waals surface area (Å²) in [7, 11) is 0. The second-order valence-corrected chi connectivity index (χ2v) is 5.27. The van der Waals surface area contributed by atoms with Gasteiger partial charge in [-0.05, 0) is 37.4 Å². The molecular formula is C14H15N3O2S. The third-order valence-corrected chi connectivity index (χ3v) is 3.49. The van der Waals surface area contributed by atoms with E-state index in [4.69, 9.17) is 0 Å². The van der Waals surface area contributed by atoms with Crippen LogP contribution in [0.1, 0.15) is 22.3 Å². The molecule has 0 fully saturated rings. The van der Waals surface area contributed by atoms with Crippen LogP contribution in [0.15, 0.2) is 35.7 Å². The van der Waals surface area contributed by atoms with Crippen molar-refractivity contribution < 1.29 is 9.59 Å². The molecule has 1 atom stereocenters. The van der Waals surface area contributed by atoms with Gasteiger partial charge in [0.05, 0.1) is 4.88 Å². The number of carbonyl (C=O) groups is 2. The Kier molecular flexibility index (Phi) is 4.47. The van der Waals surface area contributed by atoms with E-state index in [9.17, 15) is 9.59 Å². The van der Waals surface area contributed by atoms with Crippen molar-refractivity contribution in [1.82, 2.24) is 10.3 Å². The van der Waals surface area contributed by atoms with Crippen molar-refractivity contribution in [2.75, 3.05) is 5.32 Å². The summed E-state index contributed by atoms with van der Waals surface area (Å²) in [5.74, 6) is -0.0694. The Morgan fingerprint density at radius 2 is 2.05 bits per heavy atom. The summed E-state index contributed by atoms with van der Waals surface area (Å²) in [6, 6.07) is 8.24. The second kappa shape index (κ2) is 6.29. The van der Waals surface area contributed by atoms with E-state index >= 15 is 0 Å². The molecule has 0 radical (unpaired) electrons. The molecule has 104 valence electrons. The standard InChI is InChI=1S/C14H15N3O2S/c1-9-5-3-7-12(15-9)17-13(18)10(2)16-14(19)11-6-4-8-20-11/h3-8,10H,1-2H3,(H,16,19)(H,15,17,18)/t10-/m1/s1. The summed E-state index contributed by atoms with van der Waals surface area (Å²) in [4.78, 5) is 28.6. The molecule has 2 amide bonds. The Hall–Kier alpha value is -2.21. The van der Waals surface area contributed by atoms with Crippen LogP contribution in [0.3, 0.4) is 0 Å². The Bertz CT molecular complexity index is 611. The van der Waals surface area contributed by atoms with Crippen molar-refractivity contribution >= 4 is 29.0 Å². The summed E-state index contributed by atoms with van der Waals surface area (Å²) in [5, 5.41) is 7.14. The fraction of sp³-hybridized carbons (Fsp3) is 0.214. The molecule has 2 aromatic heterocycles. The van der Waals surface area contributed by atoms with Gasteiger partial charge in [0, 0.05) is 5.69 Å². The van der Waals surface area contributed by atoms with Crippen LogP contribution in [-0.4, -0.2) is 22.8 Å². The fourth-order valence-corrected chi connectivity index (χ4v) is 2.22. The zero-order chi connectivity index (χ0) is 14.5. The third-order valence-electron chi connectivity index (χ3n) is 2.63. The Balaban J connectivity index is 1.94. The molecule has 0 unspecified atom stereocenters. The zero-order valence-corrected chi connectivity index (χ0v) is 12.0. The fourth-order valence-electron chi connectivity index (χ4n) is 1.59. The molecule has 5 nitrogen and oxygen atoms in total. The van der Waals surface area contributed by atoms with E-state index in [1.54, 1.807) is 25.1 Å². The number of thiophene rings is 1. The van der Waals surface area contributed by atoms with E-state index in [0.29, 0.717) is 10.7 Å². The number of pyridine rings is 1. The van der Waals surface area contributed by atoms with Crippen LogP contribution in [0.5, 0.6) is 0 Å². The molecule has 2 N–H and O–H groups in total. The van der Waals surface area contributed by atoms with Gasteiger partial charge in [0.1, 0.15) is 11.9 Å². The van der Waals surface area contributed by atoms with Crippen molar-refractivity contribution in [3.63, 3.8) is 0 Å². The van der Waals surface area contributed by atoms with Crippen LogP contribution in [0.4, 0.5) is 5.82 Å². The molecule has 0 bridgehead atoms. The number of carbonyl (C=O) groups excluding carboxylic acids is 2. The summed E-state index contributed by atoms with van der Waals surface area (Å²) in [6.07, 6.45) is 0. The topological polar surface area (TPSA) is 71.1 Å². The Morgan fingerprint density at radius 1 is 1.25 bits per heavy atom. The number of amides is 2. The average molecular weight is 289 g/mol. The van der Waals surface area contributed by atoms with E-state index in [2.05, 4.69) is 15.6 Å². The molecule has 0 saturated carbocycles. The summed E-state index contributed by atoms with van der Waals surface area (Å²) >= 11 is 1.33. The van der Waals surface area contributed by atoms with Crippen LogP contribution in [-0.2, 0) is 4.79 Å². The van der Waals surface area contributed by atoms with Gasteiger partial charge in [0.15, 0.2) is 0 Å². The van der Waals surface area contributed by atoms with E-state index in [0.717, 1.165) is 5.69 Å². The van der Waals surface area contributed by atoms with Gasteiger partial charge in [-0.15, -0.1) is 11.3 Å². The number of nitrogens with zero attached hydrogens (tertiary/aromatic N) is 1. The minimum Gasteiger partial charge on any atom is -0.340 e. The molecule has 20 heavy (non-hydrogen) atoms. The SMILES string of the molecule is Cc1cccc(NC(=O)[C@@H](C)NC(=O)c2cccs2)n1. The van der Waals surface area contributed by atoms with Gasteiger partial charge in [-0.25, -0.2) is 4.98 Å². The van der Waals surface area contributed by atoms with Gasteiger partial charge in [-0.3, -0.25) is 9.59 Å². The summed E-state index contributed by atoms with van der Waals surface area (Å²) in [5.41, 5.74) is 0.818. The van der Waals surface area contributed by atoms with E-state index < -0.39 is 6.04 Å². The first-order valence-corrected chi connectivity index (χ1v) is 7.03. The molecular weight excluding hydrogens is 274 g/mol. The minimum absolute atomic E-state index is 0.250. The van der Waals surface area contributed by atoms with Crippen LogP contribution in [0.25, 0.3) is 0 Å². The lowest BCUT2D eigenvalue weighted by molar-refractivity contribution is -0.117. The molecule has 0 aromatic carbocycles. The highest BCUT2D eigenvalue weighted by molar-refractivity contribution is 7.12. The highest BCUT2D eigenvalue weighted by atomic mass is 32.1. The maximum atomic E-state index is 12.0. The molecule has 2 aromatic rings. The second-order valence-electron chi connectivity index (χ2n) is 4.33. The molecule has 6 heteroatoms. The molecule has 0 saturated heterocycles. The maximum absolute atomic E-state index is 12.0. The van der Waals surface area contributed by atoms with Crippen LogP contribution in [0.2, 0.25) is 0 Å². The largest absolute Gasteiger partial charge is 0.340 e. The molecule has 0 aliphatic rings. The molecule has 0 aliphatic heterocycles. The monoisotopic (exact) mass is 289 g/mol. The van der Waals surface area contributed by atoms with E-state index in [1.165, 1.54) is 11.3 Å². The first kappa shape index (κ1) is 14.2. The maximum Gasteiger partial charge on any atom is 0.261 e. The van der Waals surface area contributed by atoms with Crippen LogP contribution >= 0.6 is 11.3 Å². The number of rotatable bonds is 4. The van der Waals surface area contributed by atoms with Gasteiger partial charge in [-0.1, -0.05) is 12.1 Å². The number of hydrogen-bond donors (Lipinski definition) is 2. The first-order chi connectivity index (χ1) is 9.56. The lowest BCUT2D eigenvalue weighted by Crippen LogP contribution is -2.41. The van der Waals surface area contributed by atoms with Crippen molar-refractivity contribution in [2.24, 2.45) is 0 Å². The van der Waals surface area contributed by atoms with Gasteiger partial charge in [0.25, 0.3) is 5.91 Å². The summed E-state index contributed by atoms with van der Waals surface area (Å²) < 4.78 is 0. The minimum atomic E-state index is -0.632. The van der Waals surface area contributed by atoms with E-state index in [1.807, 2.05) is 24.4 Å². The third kappa shape index (κ3) is 3.64. The Morgan fingerprint density at radius 3 is 2.70 bits per heavy atom. The number of aromatic nitrogens is 1. The lowest BCUT2D eigenvalue weighted by Gasteiger charge is -2.13. The smallest absolute Gasteiger partial charge is 0.261 e. The highest BCUT2D eigenvalue weighted by Crippen LogP contribution is 2.09. The van der Waals surface area contributed by atoms with Crippen molar-refractivity contribution in [3.05, 3.63) is 46.3 Å². The van der Waals surface area contributed by atoms with Crippen molar-refractivity contribution in [3.8, 4) is 0 Å².